The summed E-state index contributed by atoms with van der Waals surface area (Å²) in [4.78, 5) is 40.5. The molecule has 2 bridgehead atoms. The van der Waals surface area contributed by atoms with Crippen molar-refractivity contribution >= 4 is 18.0 Å². The summed E-state index contributed by atoms with van der Waals surface area (Å²) in [5.41, 5.74) is 4.04. The number of rotatable bonds is 11. The van der Waals surface area contributed by atoms with Gasteiger partial charge in [0.25, 0.3) is 0 Å². The van der Waals surface area contributed by atoms with Gasteiger partial charge < -0.3 is 84.4 Å². The number of allylic oxidation sites excluding steroid dienone is 12. The van der Waals surface area contributed by atoms with Gasteiger partial charge in [-0.3, -0.25) is 9.59 Å². The molecule has 2 saturated heterocycles. The van der Waals surface area contributed by atoms with Crippen LogP contribution in [0, 0.1) is 17.8 Å². The Kier molecular flexibility index (Phi) is 28.6. The van der Waals surface area contributed by atoms with E-state index >= 15 is 0 Å². The van der Waals surface area contributed by atoms with E-state index in [2.05, 4.69) is 11.9 Å². The summed E-state index contributed by atoms with van der Waals surface area (Å²) in [5.74, 6) is -5.81. The lowest BCUT2D eigenvalue weighted by Crippen LogP contribution is -2.64. The number of aliphatic hydroxyl groups is 9. The molecule has 19 atom stereocenters. The molecule has 20 heteroatoms. The number of carbonyl (C=O) groups is 3. The van der Waals surface area contributed by atoms with Gasteiger partial charge in [-0.15, -0.1) is 0 Å². The van der Waals surface area contributed by atoms with E-state index in [1.807, 2.05) is 98.8 Å². The van der Waals surface area contributed by atoms with Crippen LogP contribution >= 0.6 is 0 Å². The summed E-state index contributed by atoms with van der Waals surface area (Å²) >= 11 is 0. The van der Waals surface area contributed by atoms with Gasteiger partial charge in [-0.1, -0.05) is 167 Å². The number of nitrogens with one attached hydrogen (secondary N) is 1. The van der Waals surface area contributed by atoms with E-state index < -0.39 is 140 Å². The summed E-state index contributed by atoms with van der Waals surface area (Å²) in [6.45, 7) is 12.1. The zero-order valence-electron chi connectivity index (χ0n) is 51.0. The Morgan fingerprint density at radius 3 is 1.89 bits per heavy atom. The van der Waals surface area contributed by atoms with Crippen LogP contribution in [0.5, 0.6) is 0 Å². The molecule has 20 nitrogen and oxygen atoms in total. The topological polar surface area (TPSA) is 310 Å². The first-order valence-corrected chi connectivity index (χ1v) is 30.7. The number of carbonyl (C=O) groups excluding carboxylic acids is 3. The first-order valence-electron chi connectivity index (χ1n) is 30.7. The fourth-order valence-electron chi connectivity index (χ4n) is 11.5. The highest BCUT2D eigenvalue weighted by Crippen LogP contribution is 2.45. The summed E-state index contributed by atoms with van der Waals surface area (Å²) in [7, 11) is 0. The second-order valence-corrected chi connectivity index (χ2v) is 23.4. The Hall–Kier alpha value is -5.95. The number of benzene rings is 2. The van der Waals surface area contributed by atoms with Gasteiger partial charge in [0.1, 0.15) is 37.4 Å². The maximum absolute atomic E-state index is 14.0. The van der Waals surface area contributed by atoms with Crippen LogP contribution < -0.4 is 5.32 Å². The Labute approximate surface area is 516 Å². The minimum Gasteiger partial charge on any atom is -0.462 e. The highest BCUT2D eigenvalue weighted by atomic mass is 16.7. The number of amides is 1. The molecule has 10 N–H and O–H groups in total. The highest BCUT2D eigenvalue weighted by molar-refractivity contribution is 5.79. The van der Waals surface area contributed by atoms with Crippen molar-refractivity contribution in [3.05, 3.63) is 157 Å². The van der Waals surface area contributed by atoms with Gasteiger partial charge in [-0.2, -0.15) is 0 Å². The Morgan fingerprint density at radius 2 is 1.27 bits per heavy atom. The van der Waals surface area contributed by atoms with Crippen LogP contribution in [0.1, 0.15) is 109 Å². The third-order valence-electron chi connectivity index (χ3n) is 16.5. The van der Waals surface area contributed by atoms with E-state index in [-0.39, 0.29) is 70.2 Å². The minimum absolute atomic E-state index is 0.0396. The van der Waals surface area contributed by atoms with Crippen molar-refractivity contribution in [2.45, 2.75) is 196 Å². The first kappa shape index (κ1) is 71.1. The van der Waals surface area contributed by atoms with Gasteiger partial charge in [0.15, 0.2) is 12.1 Å². The molecule has 88 heavy (non-hydrogen) atoms. The largest absolute Gasteiger partial charge is 0.462 e. The molecule has 1 amide bonds. The zero-order valence-corrected chi connectivity index (χ0v) is 51.0. The number of cyclic esters (lactones) is 1. The molecule has 0 aromatic heterocycles. The predicted octanol–water partition coefficient (Wildman–Crippen LogP) is 6.37. The van der Waals surface area contributed by atoms with Gasteiger partial charge in [-0.25, -0.2) is 4.79 Å². The standard InChI is InChI=1S/C68H93NO19/c1-7-33-82-65(80)60-57(75)40-68(84-34-8-2)39-48(72)36-56(74)55(73)32-31-46(70)35-47(71)37-59(76)85-44(5)43(4)62(77)42(3)25-19-17-15-13-11-9-10-12-14-16-18-20-26-49(38-58(60)88-68)87-66-64(79)61(63(78)45(6)86-66)69-67(81)83-41-54-52-29-23-21-27-50(52)51-28-22-24-30-53(51)54/h7,9-30,42-49,54-58,60-64,66,70-75,77-79H,1,8,31-41H2,2-6H3,(H,69,81)/t42-,43-,44-,45+,46+,47+,48-,49-,55+,56+,57-,58-,60+,61-,62+,63+,64-,66-,68+/m0/s1. The lowest BCUT2D eigenvalue weighted by Gasteiger charge is -2.48. The van der Waals surface area contributed by atoms with Crippen LogP contribution in [-0.2, 0) is 42.7 Å². The number of hydrogen-bond acceptors (Lipinski definition) is 19. The van der Waals surface area contributed by atoms with Gasteiger partial charge in [-0.05, 0) is 61.8 Å². The van der Waals surface area contributed by atoms with Crippen LogP contribution in [0.2, 0.25) is 0 Å². The van der Waals surface area contributed by atoms with Crippen molar-refractivity contribution in [3.8, 4) is 11.1 Å². The number of fused-ring (bicyclic) bond motifs is 5. The van der Waals surface area contributed by atoms with Crippen LogP contribution in [-0.4, -0.2) is 181 Å². The fraction of sp³-hybridized carbons (Fsp3) is 0.544. The monoisotopic (exact) mass is 1230 g/mol. The molecule has 2 aromatic rings. The fourth-order valence-corrected chi connectivity index (χ4v) is 11.5. The number of aliphatic hydroxyl groups excluding tert-OH is 9. The molecule has 3 aliphatic heterocycles. The molecule has 6 rings (SSSR count). The minimum atomic E-state index is -1.82. The summed E-state index contributed by atoms with van der Waals surface area (Å²) in [5, 5.41) is 105. The molecule has 0 spiro atoms. The average molecular weight is 1230 g/mol. The van der Waals surface area contributed by atoms with Gasteiger partial charge in [0.05, 0.1) is 73.5 Å². The number of hydrogen-bond donors (Lipinski definition) is 10. The van der Waals surface area contributed by atoms with E-state index in [1.165, 1.54) is 6.08 Å². The van der Waals surface area contributed by atoms with E-state index in [0.29, 0.717) is 6.42 Å². The van der Waals surface area contributed by atoms with E-state index in [0.717, 1.165) is 22.3 Å². The van der Waals surface area contributed by atoms with Crippen LogP contribution in [0.4, 0.5) is 4.79 Å². The molecule has 4 aliphatic rings. The maximum Gasteiger partial charge on any atom is 0.407 e. The van der Waals surface area contributed by atoms with Gasteiger partial charge >= 0.3 is 18.0 Å². The smallest absolute Gasteiger partial charge is 0.407 e. The number of ether oxygens (including phenoxy) is 7. The molecule has 2 fully saturated rings. The first-order chi connectivity index (χ1) is 42.1. The molecule has 1 aliphatic carbocycles. The van der Waals surface area contributed by atoms with Crippen molar-refractivity contribution in [1.29, 1.82) is 0 Å². The second kappa shape index (κ2) is 35.4. The summed E-state index contributed by atoms with van der Waals surface area (Å²) in [6.07, 6.45) is 5.08. The number of alkyl carbamates (subject to hydrolysis) is 1. The third-order valence-corrected chi connectivity index (χ3v) is 16.5. The third kappa shape index (κ3) is 20.8. The van der Waals surface area contributed by atoms with Gasteiger partial charge in [0.2, 0.25) is 0 Å². The molecular weight excluding hydrogens is 1130 g/mol. The molecular formula is C68H93NO19. The maximum atomic E-state index is 14.0. The second-order valence-electron chi connectivity index (χ2n) is 23.4. The quantitative estimate of drug-likeness (QED) is 0.0664. The lowest BCUT2D eigenvalue weighted by atomic mass is 9.82. The molecule has 0 saturated carbocycles. The SMILES string of the molecule is C=CCOC(=O)[C@H]1[C@@H]2C[C@@H](O[C@@H]3O[C@H](C)[C@@H](O)[C@H](NC(=O)OCC4c5ccccc5-c5ccccc54)[C@@H]3O)C=CC=CC=CC=CC=CC=CC=C[C@H](C)[C@@H](O)[C@@H](C)[C@H](C)OC(=O)C[C@H](O)C[C@H](O)CC[C@@H](O)[C@H](O)C[C@H](O)C[C@](OCCC)(C[C@@H]1O)O2. The van der Waals surface area contributed by atoms with Crippen molar-refractivity contribution in [2.75, 3.05) is 19.8 Å². The van der Waals surface area contributed by atoms with E-state index in [4.69, 9.17) is 33.2 Å². The normalized spacial score (nSPS) is 34.5. The Balaban J connectivity index is 1.26. The summed E-state index contributed by atoms with van der Waals surface area (Å²) < 4.78 is 42.5. The Bertz CT molecular complexity index is 2700. The number of esters is 2. The zero-order chi connectivity index (χ0) is 63.9. The molecule has 0 radical (unpaired) electrons. The van der Waals surface area contributed by atoms with Crippen molar-refractivity contribution in [3.63, 3.8) is 0 Å². The molecule has 0 unspecified atom stereocenters. The van der Waals surface area contributed by atoms with Crippen molar-refractivity contribution in [1.82, 2.24) is 5.32 Å². The average Bonchev–Trinajstić information content (AvgIpc) is 1.73. The molecule has 2 aromatic carbocycles. The molecule has 484 valence electrons. The van der Waals surface area contributed by atoms with E-state index in [9.17, 15) is 60.3 Å². The summed E-state index contributed by atoms with van der Waals surface area (Å²) in [6, 6.07) is 14.3. The van der Waals surface area contributed by atoms with Gasteiger partial charge in [0, 0.05) is 50.0 Å². The van der Waals surface area contributed by atoms with Crippen LogP contribution in [0.15, 0.2) is 146 Å². The van der Waals surface area contributed by atoms with Crippen molar-refractivity contribution < 1.29 is 93.5 Å². The molecule has 3 heterocycles. The lowest BCUT2D eigenvalue weighted by molar-refractivity contribution is -0.325. The van der Waals surface area contributed by atoms with Crippen LogP contribution in [0.3, 0.4) is 0 Å². The Morgan fingerprint density at radius 1 is 0.670 bits per heavy atom. The van der Waals surface area contributed by atoms with E-state index in [1.54, 1.807) is 69.4 Å². The van der Waals surface area contributed by atoms with Crippen LogP contribution in [0.25, 0.3) is 11.1 Å². The van der Waals surface area contributed by atoms with Crippen molar-refractivity contribution in [2.24, 2.45) is 17.8 Å². The highest BCUT2D eigenvalue weighted by Gasteiger charge is 2.53. The predicted molar refractivity (Wildman–Crippen MR) is 329 cm³/mol.